The van der Waals surface area contributed by atoms with Crippen LogP contribution in [-0.4, -0.2) is 33.9 Å². The topological polar surface area (TPSA) is 92.8 Å². The van der Waals surface area contributed by atoms with Crippen molar-refractivity contribution in [3.8, 4) is 0 Å². The van der Waals surface area contributed by atoms with Gasteiger partial charge in [0, 0.05) is 7.05 Å². The van der Waals surface area contributed by atoms with Crippen molar-refractivity contribution in [1.29, 1.82) is 0 Å². The molecule has 0 aliphatic carbocycles. The Bertz CT molecular complexity index is 1190. The van der Waals surface area contributed by atoms with Crippen molar-refractivity contribution in [2.75, 3.05) is 23.3 Å². The molecule has 0 heterocycles. The normalized spacial score (nSPS) is 10.9. The van der Waals surface area contributed by atoms with Gasteiger partial charge in [0.2, 0.25) is 0 Å². The first kappa shape index (κ1) is 22.0. The number of ether oxygens (including phenoxy) is 1. The molecule has 0 atom stereocenters. The summed E-state index contributed by atoms with van der Waals surface area (Å²) < 4.78 is 32.1. The van der Waals surface area contributed by atoms with Gasteiger partial charge in [0.1, 0.15) is 0 Å². The minimum atomic E-state index is -3.87. The van der Waals surface area contributed by atoms with Crippen LogP contribution in [0.1, 0.15) is 27.6 Å². The minimum absolute atomic E-state index is 0.111. The van der Waals surface area contributed by atoms with Crippen LogP contribution in [0, 0.1) is 0 Å². The van der Waals surface area contributed by atoms with Crippen LogP contribution in [-0.2, 0) is 14.8 Å². The molecule has 0 spiro atoms. The second-order valence-corrected chi connectivity index (χ2v) is 8.49. The molecule has 31 heavy (non-hydrogen) atoms. The van der Waals surface area contributed by atoms with Crippen LogP contribution in [0.25, 0.3) is 0 Å². The number of nitrogens with zero attached hydrogens (tertiary/aromatic N) is 1. The first-order valence-corrected chi connectivity index (χ1v) is 11.0. The van der Waals surface area contributed by atoms with Gasteiger partial charge < -0.3 is 10.1 Å². The van der Waals surface area contributed by atoms with Crippen LogP contribution in [0.3, 0.4) is 0 Å². The highest BCUT2D eigenvalue weighted by atomic mass is 32.2. The van der Waals surface area contributed by atoms with Crippen LogP contribution in [0.2, 0.25) is 0 Å². The van der Waals surface area contributed by atoms with E-state index in [1.54, 1.807) is 67.6 Å². The van der Waals surface area contributed by atoms with E-state index in [9.17, 15) is 18.0 Å². The van der Waals surface area contributed by atoms with Crippen molar-refractivity contribution < 1.29 is 22.7 Å². The molecule has 3 aromatic carbocycles. The molecule has 0 saturated heterocycles. The number of amides is 1. The van der Waals surface area contributed by atoms with Gasteiger partial charge in [0.15, 0.2) is 0 Å². The van der Waals surface area contributed by atoms with Gasteiger partial charge in [0.05, 0.1) is 34.0 Å². The number of sulfonamides is 1. The second-order valence-electron chi connectivity index (χ2n) is 6.52. The van der Waals surface area contributed by atoms with Gasteiger partial charge in [-0.25, -0.2) is 13.2 Å². The molecule has 0 radical (unpaired) electrons. The Morgan fingerprint density at radius 1 is 0.871 bits per heavy atom. The average Bonchev–Trinajstić information content (AvgIpc) is 2.79. The quantitative estimate of drug-likeness (QED) is 0.564. The van der Waals surface area contributed by atoms with E-state index in [0.29, 0.717) is 0 Å². The number of carbonyl (C=O) groups is 2. The molecule has 0 aliphatic heterocycles. The van der Waals surface area contributed by atoms with Crippen LogP contribution in [0.4, 0.5) is 11.4 Å². The van der Waals surface area contributed by atoms with Crippen molar-refractivity contribution in [2.45, 2.75) is 11.8 Å². The number of hydrogen-bond acceptors (Lipinski definition) is 5. The highest BCUT2D eigenvalue weighted by Gasteiger charge is 2.25. The zero-order valence-electron chi connectivity index (χ0n) is 17.1. The van der Waals surface area contributed by atoms with E-state index >= 15 is 0 Å². The zero-order chi connectivity index (χ0) is 22.4. The number of carbonyl (C=O) groups excluding carboxylic acids is 2. The lowest BCUT2D eigenvalue weighted by atomic mass is 10.1. The Hall–Kier alpha value is -3.65. The zero-order valence-corrected chi connectivity index (χ0v) is 17.9. The molecule has 160 valence electrons. The van der Waals surface area contributed by atoms with Gasteiger partial charge in [-0.15, -0.1) is 0 Å². The monoisotopic (exact) mass is 438 g/mol. The molecule has 8 heteroatoms. The minimum Gasteiger partial charge on any atom is -0.462 e. The van der Waals surface area contributed by atoms with Crippen molar-refractivity contribution in [3.05, 3.63) is 90.0 Å². The summed E-state index contributed by atoms with van der Waals surface area (Å²) in [4.78, 5) is 25.3. The molecule has 0 bridgehead atoms. The smallest absolute Gasteiger partial charge is 0.340 e. The van der Waals surface area contributed by atoms with E-state index in [1.807, 2.05) is 0 Å². The fourth-order valence-corrected chi connectivity index (χ4v) is 4.22. The number of hydrogen-bond donors (Lipinski definition) is 1. The number of esters is 1. The van der Waals surface area contributed by atoms with E-state index in [1.165, 1.54) is 25.2 Å². The van der Waals surface area contributed by atoms with Crippen LogP contribution in [0.5, 0.6) is 0 Å². The third-order valence-electron chi connectivity index (χ3n) is 4.56. The summed E-state index contributed by atoms with van der Waals surface area (Å²) in [6, 6.07) is 20.8. The van der Waals surface area contributed by atoms with Crippen LogP contribution in [0.15, 0.2) is 83.8 Å². The van der Waals surface area contributed by atoms with E-state index in [-0.39, 0.29) is 34.0 Å². The predicted molar refractivity (Wildman–Crippen MR) is 119 cm³/mol. The van der Waals surface area contributed by atoms with Gasteiger partial charge in [-0.1, -0.05) is 42.5 Å². The van der Waals surface area contributed by atoms with Crippen molar-refractivity contribution in [2.24, 2.45) is 0 Å². The molecule has 1 N–H and O–H groups in total. The SMILES string of the molecule is CCOC(=O)c1ccccc1NC(=O)c1ccccc1N(C)S(=O)(=O)c1ccccc1. The summed E-state index contributed by atoms with van der Waals surface area (Å²) in [5.41, 5.74) is 0.829. The molecule has 0 aliphatic rings. The van der Waals surface area contributed by atoms with E-state index < -0.39 is 21.9 Å². The summed E-state index contributed by atoms with van der Waals surface area (Å²) in [5.74, 6) is -1.11. The Kier molecular flexibility index (Phi) is 6.71. The third kappa shape index (κ3) is 4.75. The first-order valence-electron chi connectivity index (χ1n) is 9.56. The summed E-state index contributed by atoms with van der Waals surface area (Å²) in [6.45, 7) is 1.89. The molecular weight excluding hydrogens is 416 g/mol. The number of para-hydroxylation sites is 2. The molecular formula is C23H22N2O5S. The van der Waals surface area contributed by atoms with Crippen LogP contribution >= 0.6 is 0 Å². The van der Waals surface area contributed by atoms with Gasteiger partial charge in [-0.05, 0) is 43.3 Å². The molecule has 0 saturated carbocycles. The van der Waals surface area contributed by atoms with Gasteiger partial charge >= 0.3 is 5.97 Å². The van der Waals surface area contributed by atoms with Crippen molar-refractivity contribution in [1.82, 2.24) is 0 Å². The lowest BCUT2D eigenvalue weighted by Gasteiger charge is -2.22. The van der Waals surface area contributed by atoms with E-state index in [4.69, 9.17) is 4.74 Å². The standard InChI is InChI=1S/C23H22N2O5S/c1-3-30-23(27)18-13-7-9-15-20(18)24-22(26)19-14-8-10-16-21(19)25(2)31(28,29)17-11-5-4-6-12-17/h4-16H,3H2,1-2H3,(H,24,26). The van der Waals surface area contributed by atoms with Gasteiger partial charge in [-0.2, -0.15) is 0 Å². The Labute approximate surface area is 181 Å². The Morgan fingerprint density at radius 2 is 1.45 bits per heavy atom. The highest BCUT2D eigenvalue weighted by molar-refractivity contribution is 7.92. The lowest BCUT2D eigenvalue weighted by Crippen LogP contribution is -2.29. The molecule has 3 rings (SSSR count). The summed E-state index contributed by atoms with van der Waals surface area (Å²) in [6.07, 6.45) is 0. The summed E-state index contributed by atoms with van der Waals surface area (Å²) >= 11 is 0. The molecule has 0 unspecified atom stereocenters. The summed E-state index contributed by atoms with van der Waals surface area (Å²) in [5, 5.41) is 2.69. The van der Waals surface area contributed by atoms with E-state index in [0.717, 1.165) is 4.31 Å². The van der Waals surface area contributed by atoms with Crippen molar-refractivity contribution in [3.63, 3.8) is 0 Å². The molecule has 1 amide bonds. The Morgan fingerprint density at radius 3 is 2.13 bits per heavy atom. The number of anilines is 2. The maximum atomic E-state index is 13.1. The van der Waals surface area contributed by atoms with Crippen molar-refractivity contribution >= 4 is 33.3 Å². The molecule has 0 aromatic heterocycles. The first-order chi connectivity index (χ1) is 14.9. The maximum absolute atomic E-state index is 13.1. The number of rotatable bonds is 7. The number of nitrogens with one attached hydrogen (secondary N) is 1. The maximum Gasteiger partial charge on any atom is 0.340 e. The average molecular weight is 439 g/mol. The number of benzene rings is 3. The second kappa shape index (κ2) is 9.44. The highest BCUT2D eigenvalue weighted by Crippen LogP contribution is 2.27. The largest absolute Gasteiger partial charge is 0.462 e. The predicted octanol–water partition coefficient (Wildman–Crippen LogP) is 3.94. The fraction of sp³-hybridized carbons (Fsp3) is 0.130. The van der Waals surface area contributed by atoms with Gasteiger partial charge in [0.25, 0.3) is 15.9 Å². The van der Waals surface area contributed by atoms with Crippen LogP contribution < -0.4 is 9.62 Å². The molecule has 3 aromatic rings. The fourth-order valence-electron chi connectivity index (χ4n) is 2.99. The molecule has 7 nitrogen and oxygen atoms in total. The van der Waals surface area contributed by atoms with Gasteiger partial charge in [-0.3, -0.25) is 9.10 Å². The molecule has 0 fully saturated rings. The van der Waals surface area contributed by atoms with E-state index in [2.05, 4.69) is 5.32 Å². The summed E-state index contributed by atoms with van der Waals surface area (Å²) in [7, 11) is -2.48. The third-order valence-corrected chi connectivity index (χ3v) is 6.35. The lowest BCUT2D eigenvalue weighted by molar-refractivity contribution is 0.0527. The Balaban J connectivity index is 1.95.